The molecular formula is C51H71FN10O11. The number of rotatable bonds is 24. The Morgan fingerprint density at radius 1 is 0.932 bits per heavy atom. The van der Waals surface area contributed by atoms with Crippen LogP contribution in [0.15, 0.2) is 54.9 Å². The van der Waals surface area contributed by atoms with Gasteiger partial charge in [0.1, 0.15) is 53.5 Å². The summed E-state index contributed by atoms with van der Waals surface area (Å²) in [5, 5.41) is 16.2. The molecule has 2 aliphatic heterocycles. The van der Waals surface area contributed by atoms with Crippen LogP contribution in [0.25, 0.3) is 5.65 Å². The largest absolute Gasteiger partial charge is 0.491 e. The SMILES string of the molecule is CN[C@H](C)C(=O)N[C@@H](C(=O)N1Cc2cc(OCCOCCOCCOCCOCCC(=O)NCCN3C[C@H](C)Oc4ccc(F)cc4[C@@H](C)Nc4ccn5ncc(c5n4)C3=O)ccc2C[C@@H]1C(N)=O)C(C)(C)C. The van der Waals surface area contributed by atoms with Crippen molar-refractivity contribution < 1.29 is 56.8 Å². The zero-order chi connectivity index (χ0) is 52.7. The monoisotopic (exact) mass is 1020 g/mol. The highest BCUT2D eigenvalue weighted by atomic mass is 19.1. The summed E-state index contributed by atoms with van der Waals surface area (Å²) in [4.78, 5) is 73.6. The minimum Gasteiger partial charge on any atom is -0.491 e. The molecule has 73 heavy (non-hydrogen) atoms. The van der Waals surface area contributed by atoms with Gasteiger partial charge in [0.2, 0.25) is 23.6 Å². The number of halogens is 1. The summed E-state index contributed by atoms with van der Waals surface area (Å²) in [5.41, 5.74) is 8.11. The summed E-state index contributed by atoms with van der Waals surface area (Å²) in [5.74, 6) is -0.748. The Morgan fingerprint density at radius 3 is 2.29 bits per heavy atom. The molecule has 22 heteroatoms. The zero-order valence-corrected chi connectivity index (χ0v) is 42.9. The Kier molecular flexibility index (Phi) is 20.3. The standard InChI is InChI=1S/C51H71FN10O11/c1-32-30-60(49(66)40-29-56-62-15-12-43(58-47(40)62)57-33(2)39-28-37(52)9-11-42(39)73-32)16-14-55-44(63)13-17-68-18-19-69-20-21-70-22-23-71-24-25-72-38-10-8-35-27-41(46(53)64)61(31-36(35)26-38)50(67)45(51(4,5)6)59-48(65)34(3)54-7/h8-12,15,26,28-29,32-34,41,45,54H,13-14,16-25,27,30-31H2,1-7H3,(H2,53,64)(H,55,63)(H,57,58)(H,59,65)/t32-,33+,34+,41+,45-/m0/s1. The van der Waals surface area contributed by atoms with Gasteiger partial charge in [0.15, 0.2) is 5.65 Å². The molecule has 2 aliphatic rings. The van der Waals surface area contributed by atoms with Crippen molar-refractivity contribution in [2.75, 3.05) is 91.5 Å². The highest BCUT2D eigenvalue weighted by Gasteiger charge is 2.42. The normalized spacial score (nSPS) is 17.8. The average molecular weight is 1020 g/mol. The lowest BCUT2D eigenvalue weighted by atomic mass is 9.84. The predicted octanol–water partition coefficient (Wildman–Crippen LogP) is 2.79. The molecule has 0 saturated heterocycles. The number of primary amides is 1. The number of nitrogens with two attached hydrogens (primary N) is 1. The van der Waals surface area contributed by atoms with Crippen LogP contribution in [0.4, 0.5) is 10.2 Å². The van der Waals surface area contributed by atoms with Gasteiger partial charge in [0, 0.05) is 44.2 Å². The van der Waals surface area contributed by atoms with Crippen LogP contribution in [0, 0.1) is 11.2 Å². The second kappa shape index (κ2) is 26.5. The van der Waals surface area contributed by atoms with E-state index in [1.807, 2.05) is 52.8 Å². The van der Waals surface area contributed by atoms with Crippen LogP contribution < -0.4 is 36.5 Å². The Bertz CT molecular complexity index is 2520. The molecule has 21 nitrogen and oxygen atoms in total. The van der Waals surface area contributed by atoms with Crippen molar-refractivity contribution >= 4 is 41.0 Å². The fourth-order valence-electron chi connectivity index (χ4n) is 8.29. The first-order chi connectivity index (χ1) is 34.9. The maximum absolute atomic E-state index is 14.4. The van der Waals surface area contributed by atoms with Crippen LogP contribution in [0.2, 0.25) is 0 Å². The fraction of sp³-hybridized carbons (Fsp3) is 0.549. The second-order valence-corrected chi connectivity index (χ2v) is 19.1. The molecule has 5 atom stereocenters. The number of nitrogens with zero attached hydrogens (tertiary/aromatic N) is 5. The van der Waals surface area contributed by atoms with E-state index in [4.69, 9.17) is 34.2 Å². The van der Waals surface area contributed by atoms with Crippen LogP contribution >= 0.6 is 0 Å². The number of ether oxygens (including phenoxy) is 6. The maximum Gasteiger partial charge on any atom is 0.259 e. The van der Waals surface area contributed by atoms with Gasteiger partial charge < -0.3 is 65.2 Å². The molecule has 4 aromatic rings. The van der Waals surface area contributed by atoms with Crippen LogP contribution in [0.3, 0.4) is 0 Å². The van der Waals surface area contributed by atoms with Crippen LogP contribution in [-0.2, 0) is 51.1 Å². The van der Waals surface area contributed by atoms with E-state index in [0.717, 1.165) is 11.1 Å². The fourth-order valence-corrected chi connectivity index (χ4v) is 8.29. The van der Waals surface area contributed by atoms with Gasteiger partial charge in [-0.2, -0.15) is 5.10 Å². The third kappa shape index (κ3) is 15.8. The van der Waals surface area contributed by atoms with E-state index in [1.165, 1.54) is 27.7 Å². The summed E-state index contributed by atoms with van der Waals surface area (Å²) in [7, 11) is 1.66. The molecule has 6 rings (SSSR count). The zero-order valence-electron chi connectivity index (χ0n) is 42.9. The van der Waals surface area contributed by atoms with Crippen molar-refractivity contribution in [1.29, 1.82) is 0 Å². The van der Waals surface area contributed by atoms with Gasteiger partial charge in [-0.3, -0.25) is 24.0 Å². The number of amides is 5. The molecule has 2 aromatic heterocycles. The molecule has 0 saturated carbocycles. The van der Waals surface area contributed by atoms with Gasteiger partial charge in [-0.25, -0.2) is 13.9 Å². The van der Waals surface area contributed by atoms with E-state index in [-0.39, 0.29) is 81.9 Å². The second-order valence-electron chi connectivity index (χ2n) is 19.1. The van der Waals surface area contributed by atoms with Crippen molar-refractivity contribution in [3.63, 3.8) is 0 Å². The number of benzene rings is 2. The summed E-state index contributed by atoms with van der Waals surface area (Å²) >= 11 is 0. The first-order valence-corrected chi connectivity index (χ1v) is 24.7. The Labute approximate surface area is 425 Å². The lowest BCUT2D eigenvalue weighted by molar-refractivity contribution is -0.146. The molecule has 5 amide bonds. The average Bonchev–Trinajstić information content (AvgIpc) is 3.78. The Hall–Kier alpha value is -6.46. The highest BCUT2D eigenvalue weighted by molar-refractivity contribution is 6.00. The lowest BCUT2D eigenvalue weighted by Crippen LogP contribution is -2.61. The van der Waals surface area contributed by atoms with E-state index in [9.17, 15) is 28.4 Å². The number of hydrogen-bond acceptors (Lipinski definition) is 15. The summed E-state index contributed by atoms with van der Waals surface area (Å²) in [6.45, 7) is 14.4. The number of carbonyl (C=O) groups excluding carboxylic acids is 5. The third-order valence-corrected chi connectivity index (χ3v) is 12.4. The number of hydrogen-bond donors (Lipinski definition) is 5. The van der Waals surface area contributed by atoms with Gasteiger partial charge >= 0.3 is 0 Å². The number of carbonyl (C=O) groups is 5. The van der Waals surface area contributed by atoms with Crippen LogP contribution in [-0.4, -0.2) is 164 Å². The summed E-state index contributed by atoms with van der Waals surface area (Å²) < 4.78 is 50.5. The minimum atomic E-state index is -0.890. The van der Waals surface area contributed by atoms with E-state index in [1.54, 1.807) is 37.2 Å². The van der Waals surface area contributed by atoms with Crippen molar-refractivity contribution in [3.8, 4) is 11.5 Å². The third-order valence-electron chi connectivity index (χ3n) is 12.4. The molecule has 2 aromatic carbocycles. The molecule has 4 heterocycles. The summed E-state index contributed by atoms with van der Waals surface area (Å²) in [6.07, 6.45) is 3.05. The van der Waals surface area contributed by atoms with Crippen LogP contribution in [0.5, 0.6) is 11.5 Å². The topological polar surface area (TPSA) is 252 Å². The molecule has 0 radical (unpaired) electrons. The molecule has 398 valence electrons. The van der Waals surface area contributed by atoms with Crippen molar-refractivity contribution in [2.45, 2.75) is 91.2 Å². The van der Waals surface area contributed by atoms with E-state index >= 15 is 0 Å². The maximum atomic E-state index is 14.4. The number of aromatic nitrogens is 3. The highest BCUT2D eigenvalue weighted by Crippen LogP contribution is 2.32. The van der Waals surface area contributed by atoms with Gasteiger partial charge in [0.05, 0.1) is 77.7 Å². The molecule has 6 N–H and O–H groups in total. The first-order valence-electron chi connectivity index (χ1n) is 24.7. The predicted molar refractivity (Wildman–Crippen MR) is 267 cm³/mol. The van der Waals surface area contributed by atoms with E-state index < -0.39 is 41.4 Å². The Balaban J connectivity index is 0.822. The quantitative estimate of drug-likeness (QED) is 0.0634. The number of nitrogens with one attached hydrogen (secondary N) is 4. The smallest absolute Gasteiger partial charge is 0.259 e. The molecule has 0 spiro atoms. The van der Waals surface area contributed by atoms with Gasteiger partial charge in [-0.15, -0.1) is 0 Å². The number of fused-ring (bicyclic) bond motifs is 3. The number of anilines is 1. The van der Waals surface area contributed by atoms with E-state index in [0.29, 0.717) is 80.3 Å². The molecule has 0 aliphatic carbocycles. The Morgan fingerprint density at radius 2 is 1.62 bits per heavy atom. The molecule has 0 unspecified atom stereocenters. The van der Waals surface area contributed by atoms with E-state index in [2.05, 4.69) is 31.3 Å². The van der Waals surface area contributed by atoms with Gasteiger partial charge in [0.25, 0.3) is 5.91 Å². The lowest BCUT2D eigenvalue weighted by Gasteiger charge is -2.40. The molecular weight excluding hydrogens is 948 g/mol. The van der Waals surface area contributed by atoms with Gasteiger partial charge in [-0.05, 0) is 80.8 Å². The van der Waals surface area contributed by atoms with Crippen molar-refractivity contribution in [3.05, 3.63) is 82.9 Å². The molecule has 2 bridgehead atoms. The minimum absolute atomic E-state index is 0.117. The molecule has 0 fully saturated rings. The summed E-state index contributed by atoms with van der Waals surface area (Å²) in [6, 6.07) is 8.94. The van der Waals surface area contributed by atoms with Crippen LogP contribution in [0.1, 0.15) is 81.1 Å². The first kappa shape index (κ1) is 55.8. The van der Waals surface area contributed by atoms with Crippen molar-refractivity contribution in [1.82, 2.24) is 40.3 Å². The van der Waals surface area contributed by atoms with Crippen molar-refractivity contribution in [2.24, 2.45) is 11.1 Å². The van der Waals surface area contributed by atoms with Gasteiger partial charge in [-0.1, -0.05) is 26.8 Å². The number of likely N-dealkylation sites (N-methyl/N-ethyl adjacent to an activating group) is 1.